The first-order valence-electron chi connectivity index (χ1n) is 3.29. The third-order valence-electron chi connectivity index (χ3n) is 1.46. The average Bonchev–Trinajstić information content (AvgIpc) is 1.88. The summed E-state index contributed by atoms with van der Waals surface area (Å²) in [6.07, 6.45) is 0. The maximum Gasteiger partial charge on any atom is 1.00 e. The molecule has 11 heavy (non-hydrogen) atoms. The molecule has 1 aliphatic rings. The minimum Gasteiger partial charge on any atom is -0.549 e. The van der Waals surface area contributed by atoms with Crippen molar-refractivity contribution in [2.45, 2.75) is 0 Å². The molecule has 0 unspecified atom stereocenters. The zero-order chi connectivity index (χ0) is 7.40. The van der Waals surface area contributed by atoms with Crippen LogP contribution in [0.2, 0.25) is 0 Å². The number of rotatable bonds is 2. The van der Waals surface area contributed by atoms with Gasteiger partial charge in [-0.2, -0.15) is 0 Å². The number of hydrogen-bond acceptors (Lipinski definition) is 4. The SMILES string of the molecule is O=C([O-])CN1CCOCC1.[Li+]. The molecule has 0 aliphatic carbocycles. The van der Waals surface area contributed by atoms with Crippen LogP contribution in [0.1, 0.15) is 0 Å². The van der Waals surface area contributed by atoms with E-state index in [1.165, 1.54) is 0 Å². The Hall–Kier alpha value is -0.0126. The number of carboxylic acids is 1. The van der Waals surface area contributed by atoms with Gasteiger partial charge >= 0.3 is 18.9 Å². The molecule has 0 N–H and O–H groups in total. The van der Waals surface area contributed by atoms with Crippen LogP contribution < -0.4 is 24.0 Å². The number of carbonyl (C=O) groups is 1. The minimum absolute atomic E-state index is 0. The van der Waals surface area contributed by atoms with Crippen molar-refractivity contribution in [1.82, 2.24) is 4.90 Å². The zero-order valence-corrected chi connectivity index (χ0v) is 6.71. The average molecular weight is 151 g/mol. The van der Waals surface area contributed by atoms with Crippen LogP contribution in [0.3, 0.4) is 0 Å². The van der Waals surface area contributed by atoms with Gasteiger partial charge in [0.05, 0.1) is 19.2 Å². The van der Waals surface area contributed by atoms with Crippen molar-refractivity contribution in [3.8, 4) is 0 Å². The molecule has 0 radical (unpaired) electrons. The van der Waals surface area contributed by atoms with Gasteiger partial charge in [0.15, 0.2) is 0 Å². The first-order valence-corrected chi connectivity index (χ1v) is 3.29. The number of morpholine rings is 1. The van der Waals surface area contributed by atoms with Crippen LogP contribution in [0.4, 0.5) is 0 Å². The molecule has 1 saturated heterocycles. The summed E-state index contributed by atoms with van der Waals surface area (Å²) in [7, 11) is 0. The molecular weight excluding hydrogens is 141 g/mol. The van der Waals surface area contributed by atoms with E-state index in [1.54, 1.807) is 4.90 Å². The van der Waals surface area contributed by atoms with Crippen LogP contribution >= 0.6 is 0 Å². The fraction of sp³-hybridized carbons (Fsp3) is 0.833. The summed E-state index contributed by atoms with van der Waals surface area (Å²) in [5.41, 5.74) is 0. The standard InChI is InChI=1S/C6H11NO3.Li/c8-6(9)5-7-1-3-10-4-2-7;/h1-5H2,(H,8,9);/q;+1/p-1. The molecule has 5 heteroatoms. The minimum atomic E-state index is -1.01. The summed E-state index contributed by atoms with van der Waals surface area (Å²) in [6, 6.07) is 0. The summed E-state index contributed by atoms with van der Waals surface area (Å²) in [5, 5.41) is 10.1. The van der Waals surface area contributed by atoms with Crippen LogP contribution in [0, 0.1) is 0 Å². The topological polar surface area (TPSA) is 52.6 Å². The molecule has 0 aromatic heterocycles. The Bertz CT molecular complexity index is 125. The van der Waals surface area contributed by atoms with Gasteiger partial charge in [0.25, 0.3) is 0 Å². The molecule has 0 saturated carbocycles. The number of nitrogens with zero attached hydrogens (tertiary/aromatic N) is 1. The molecule has 0 aromatic carbocycles. The monoisotopic (exact) mass is 151 g/mol. The molecule has 1 rings (SSSR count). The van der Waals surface area contributed by atoms with Crippen molar-refractivity contribution in [3.63, 3.8) is 0 Å². The Balaban J connectivity index is 0.000001000. The second-order valence-corrected chi connectivity index (χ2v) is 2.26. The fourth-order valence-corrected chi connectivity index (χ4v) is 0.942. The zero-order valence-electron chi connectivity index (χ0n) is 6.71. The molecule has 1 fully saturated rings. The Morgan fingerprint density at radius 1 is 1.45 bits per heavy atom. The number of aliphatic carboxylic acids is 1. The summed E-state index contributed by atoms with van der Waals surface area (Å²) in [5.74, 6) is -1.01. The summed E-state index contributed by atoms with van der Waals surface area (Å²) < 4.78 is 5.03. The quantitative estimate of drug-likeness (QED) is 0.371. The van der Waals surface area contributed by atoms with Crippen LogP contribution in [0.5, 0.6) is 0 Å². The van der Waals surface area contributed by atoms with Crippen molar-refractivity contribution < 1.29 is 33.5 Å². The van der Waals surface area contributed by atoms with E-state index in [1.807, 2.05) is 0 Å². The molecule has 1 aliphatic heterocycles. The molecule has 0 bridgehead atoms. The van der Waals surface area contributed by atoms with Crippen LogP contribution in [-0.4, -0.2) is 43.7 Å². The van der Waals surface area contributed by atoms with Crippen LogP contribution in [-0.2, 0) is 9.53 Å². The van der Waals surface area contributed by atoms with E-state index in [4.69, 9.17) is 4.74 Å². The summed E-state index contributed by atoms with van der Waals surface area (Å²) in [6.45, 7) is 2.70. The van der Waals surface area contributed by atoms with Crippen molar-refractivity contribution in [2.24, 2.45) is 0 Å². The third-order valence-corrected chi connectivity index (χ3v) is 1.46. The van der Waals surface area contributed by atoms with Gasteiger partial charge < -0.3 is 14.6 Å². The first-order chi connectivity index (χ1) is 4.79. The molecule has 4 nitrogen and oxygen atoms in total. The number of carbonyl (C=O) groups excluding carboxylic acids is 1. The van der Waals surface area contributed by atoms with Crippen molar-refractivity contribution in [3.05, 3.63) is 0 Å². The van der Waals surface area contributed by atoms with Gasteiger partial charge in [0.2, 0.25) is 0 Å². The Kier molecular flexibility index (Phi) is 5.61. The van der Waals surface area contributed by atoms with Crippen molar-refractivity contribution >= 4 is 5.97 Å². The van der Waals surface area contributed by atoms with Crippen molar-refractivity contribution in [1.29, 1.82) is 0 Å². The van der Waals surface area contributed by atoms with E-state index >= 15 is 0 Å². The second kappa shape index (κ2) is 5.61. The third kappa shape index (κ3) is 4.43. The van der Waals surface area contributed by atoms with Crippen LogP contribution in [0.25, 0.3) is 0 Å². The second-order valence-electron chi connectivity index (χ2n) is 2.26. The smallest absolute Gasteiger partial charge is 0.549 e. The predicted octanol–water partition coefficient (Wildman–Crippen LogP) is -4.93. The van der Waals surface area contributed by atoms with E-state index in [-0.39, 0.29) is 25.4 Å². The summed E-state index contributed by atoms with van der Waals surface area (Å²) in [4.78, 5) is 11.9. The van der Waals surface area contributed by atoms with E-state index < -0.39 is 5.97 Å². The van der Waals surface area contributed by atoms with Gasteiger partial charge in [0.1, 0.15) is 0 Å². The van der Waals surface area contributed by atoms with Gasteiger partial charge in [-0.25, -0.2) is 0 Å². The van der Waals surface area contributed by atoms with E-state index in [0.29, 0.717) is 26.3 Å². The molecular formula is C6H10LiNO3. The maximum atomic E-state index is 10.1. The fourth-order valence-electron chi connectivity index (χ4n) is 0.942. The van der Waals surface area contributed by atoms with E-state index in [9.17, 15) is 9.90 Å². The molecule has 58 valence electrons. The largest absolute Gasteiger partial charge is 1.00 e. The van der Waals surface area contributed by atoms with Gasteiger partial charge in [-0.15, -0.1) is 0 Å². The van der Waals surface area contributed by atoms with Crippen molar-refractivity contribution in [2.75, 3.05) is 32.8 Å². The predicted molar refractivity (Wildman–Crippen MR) is 32.3 cm³/mol. The molecule has 0 aromatic rings. The Morgan fingerprint density at radius 3 is 2.45 bits per heavy atom. The number of hydrogen-bond donors (Lipinski definition) is 0. The number of carboxylic acid groups (broad SMARTS) is 1. The molecule has 0 amide bonds. The molecule has 1 heterocycles. The van der Waals surface area contributed by atoms with Gasteiger partial charge in [-0.1, -0.05) is 0 Å². The van der Waals surface area contributed by atoms with Gasteiger partial charge in [-0.3, -0.25) is 4.90 Å². The Labute approximate surface area is 77.7 Å². The first kappa shape index (κ1) is 11.0. The normalized spacial score (nSPS) is 18.9. The van der Waals surface area contributed by atoms with Gasteiger partial charge in [0, 0.05) is 19.6 Å². The van der Waals surface area contributed by atoms with Gasteiger partial charge in [-0.05, 0) is 0 Å². The van der Waals surface area contributed by atoms with E-state index in [2.05, 4.69) is 0 Å². The maximum absolute atomic E-state index is 10.1. The van der Waals surface area contributed by atoms with E-state index in [0.717, 1.165) is 0 Å². The molecule has 0 spiro atoms. The molecule has 0 atom stereocenters. The Morgan fingerprint density at radius 2 is 2.00 bits per heavy atom. The summed E-state index contributed by atoms with van der Waals surface area (Å²) >= 11 is 0. The number of ether oxygens (including phenoxy) is 1. The van der Waals surface area contributed by atoms with Crippen LogP contribution in [0.15, 0.2) is 0 Å².